The zero-order valence-corrected chi connectivity index (χ0v) is 12.8. The summed E-state index contributed by atoms with van der Waals surface area (Å²) in [5, 5.41) is 9.71. The molecule has 0 aliphatic rings. The van der Waals surface area contributed by atoms with Crippen LogP contribution >= 0.6 is 11.8 Å². The Balaban J connectivity index is 1.85. The molecule has 5 nitrogen and oxygen atoms in total. The lowest BCUT2D eigenvalue weighted by Crippen LogP contribution is -2.40. The van der Waals surface area contributed by atoms with Gasteiger partial charge in [-0.2, -0.15) is 16.9 Å². The minimum atomic E-state index is -0.429. The van der Waals surface area contributed by atoms with E-state index in [-0.39, 0.29) is 5.91 Å². The van der Waals surface area contributed by atoms with Gasteiger partial charge in [0.25, 0.3) is 0 Å². The van der Waals surface area contributed by atoms with Crippen LogP contribution in [0.3, 0.4) is 0 Å². The van der Waals surface area contributed by atoms with Crippen molar-refractivity contribution in [2.45, 2.75) is 19.0 Å². The highest BCUT2D eigenvalue weighted by Gasteiger charge is 2.12. The molecule has 0 aliphatic carbocycles. The van der Waals surface area contributed by atoms with Crippen molar-refractivity contribution in [1.29, 1.82) is 0 Å². The first-order valence-electron chi connectivity index (χ1n) is 6.81. The van der Waals surface area contributed by atoms with E-state index in [0.717, 1.165) is 22.6 Å². The van der Waals surface area contributed by atoms with E-state index >= 15 is 0 Å². The fourth-order valence-electron chi connectivity index (χ4n) is 1.91. The van der Waals surface area contributed by atoms with Crippen LogP contribution in [-0.2, 0) is 11.3 Å². The lowest BCUT2D eigenvalue weighted by atomic mass is 10.1. The molecule has 1 heterocycles. The number of carbonyl (C=O) groups excluding carboxylic acids is 1. The highest BCUT2D eigenvalue weighted by atomic mass is 32.2. The molecule has 1 aromatic heterocycles. The summed E-state index contributed by atoms with van der Waals surface area (Å²) in [5.41, 5.74) is 8.91. The number of aromatic nitrogens is 2. The average Bonchev–Trinajstić information content (AvgIpc) is 3.05. The number of aromatic amines is 1. The van der Waals surface area contributed by atoms with Crippen molar-refractivity contribution in [2.75, 3.05) is 12.0 Å². The first kappa shape index (κ1) is 15.6. The molecular formula is C15H20N4OS. The van der Waals surface area contributed by atoms with Crippen molar-refractivity contribution in [3.8, 4) is 11.3 Å². The van der Waals surface area contributed by atoms with E-state index in [1.807, 2.05) is 36.6 Å². The van der Waals surface area contributed by atoms with Crippen molar-refractivity contribution in [2.24, 2.45) is 5.73 Å². The second kappa shape index (κ2) is 7.85. The third-order valence-electron chi connectivity index (χ3n) is 3.20. The molecule has 2 rings (SSSR count). The molecule has 1 aromatic carbocycles. The Labute approximate surface area is 128 Å². The summed E-state index contributed by atoms with van der Waals surface area (Å²) in [6.07, 6.45) is 4.43. The zero-order chi connectivity index (χ0) is 15.1. The number of nitrogens with two attached hydrogens (primary N) is 1. The van der Waals surface area contributed by atoms with Gasteiger partial charge in [0.05, 0.1) is 11.7 Å². The summed E-state index contributed by atoms with van der Waals surface area (Å²) in [7, 11) is 0. The van der Waals surface area contributed by atoms with Gasteiger partial charge in [0.2, 0.25) is 5.91 Å². The van der Waals surface area contributed by atoms with E-state index in [1.54, 1.807) is 18.0 Å². The molecule has 0 aliphatic heterocycles. The molecule has 0 bridgehead atoms. The third kappa shape index (κ3) is 4.61. The molecule has 4 N–H and O–H groups in total. The monoisotopic (exact) mass is 304 g/mol. The molecule has 0 saturated carbocycles. The third-order valence-corrected chi connectivity index (χ3v) is 3.85. The van der Waals surface area contributed by atoms with Crippen LogP contribution in [0.15, 0.2) is 36.5 Å². The Kier molecular flexibility index (Phi) is 5.83. The first-order valence-corrected chi connectivity index (χ1v) is 8.21. The topological polar surface area (TPSA) is 83.8 Å². The summed E-state index contributed by atoms with van der Waals surface area (Å²) >= 11 is 1.69. The normalized spacial score (nSPS) is 12.1. The predicted molar refractivity (Wildman–Crippen MR) is 86.8 cm³/mol. The molecule has 0 radical (unpaired) electrons. The maximum absolute atomic E-state index is 11.8. The second-order valence-corrected chi connectivity index (χ2v) is 5.76. The average molecular weight is 304 g/mol. The number of hydrogen-bond donors (Lipinski definition) is 3. The summed E-state index contributed by atoms with van der Waals surface area (Å²) in [4.78, 5) is 11.8. The van der Waals surface area contributed by atoms with Crippen LogP contribution < -0.4 is 11.1 Å². The standard InChI is InChI=1S/C15H20N4OS/c1-21-9-7-13(16)15(20)17-10-11-2-4-12(5-3-11)14-6-8-18-19-14/h2-6,8,13H,7,9-10,16H2,1H3,(H,17,20)(H,18,19)/t13-/m0/s1. The van der Waals surface area contributed by atoms with Gasteiger partial charge in [-0.25, -0.2) is 0 Å². The maximum Gasteiger partial charge on any atom is 0.237 e. The van der Waals surface area contributed by atoms with Gasteiger partial charge in [-0.1, -0.05) is 24.3 Å². The van der Waals surface area contributed by atoms with Crippen LogP contribution in [0.25, 0.3) is 11.3 Å². The molecule has 1 amide bonds. The van der Waals surface area contributed by atoms with Gasteiger partial charge in [0.15, 0.2) is 0 Å². The fraction of sp³-hybridized carbons (Fsp3) is 0.333. The predicted octanol–water partition coefficient (Wildman–Crippen LogP) is 1.77. The van der Waals surface area contributed by atoms with Crippen LogP contribution in [0.5, 0.6) is 0 Å². The van der Waals surface area contributed by atoms with Crippen molar-refractivity contribution in [3.05, 3.63) is 42.1 Å². The molecule has 0 spiro atoms. The Morgan fingerprint density at radius 1 is 1.38 bits per heavy atom. The number of nitrogens with one attached hydrogen (secondary N) is 2. The molecule has 0 unspecified atom stereocenters. The second-order valence-electron chi connectivity index (χ2n) is 4.77. The van der Waals surface area contributed by atoms with Crippen LogP contribution in [0.1, 0.15) is 12.0 Å². The van der Waals surface area contributed by atoms with Crippen molar-refractivity contribution < 1.29 is 4.79 Å². The fourth-order valence-corrected chi connectivity index (χ4v) is 2.40. The van der Waals surface area contributed by atoms with Gasteiger partial charge >= 0.3 is 0 Å². The number of thioether (sulfide) groups is 1. The summed E-state index contributed by atoms with van der Waals surface area (Å²) in [6, 6.07) is 9.47. The first-order chi connectivity index (χ1) is 10.2. The van der Waals surface area contributed by atoms with Crippen LogP contribution in [0.4, 0.5) is 0 Å². The zero-order valence-electron chi connectivity index (χ0n) is 12.0. The van der Waals surface area contributed by atoms with Gasteiger partial charge in [0, 0.05) is 12.7 Å². The molecular weight excluding hydrogens is 284 g/mol. The summed E-state index contributed by atoms with van der Waals surface area (Å²) in [6.45, 7) is 0.495. The lowest BCUT2D eigenvalue weighted by Gasteiger charge is -2.11. The van der Waals surface area contributed by atoms with E-state index in [2.05, 4.69) is 15.5 Å². The summed E-state index contributed by atoms with van der Waals surface area (Å²) < 4.78 is 0. The van der Waals surface area contributed by atoms with Crippen molar-refractivity contribution in [3.63, 3.8) is 0 Å². The van der Waals surface area contributed by atoms with Crippen LogP contribution in [0, 0.1) is 0 Å². The minimum absolute atomic E-state index is 0.0957. The lowest BCUT2D eigenvalue weighted by molar-refractivity contribution is -0.122. The van der Waals surface area contributed by atoms with Gasteiger partial charge < -0.3 is 11.1 Å². The highest BCUT2D eigenvalue weighted by Crippen LogP contribution is 2.16. The number of nitrogens with zero attached hydrogens (tertiary/aromatic N) is 1. The van der Waals surface area contributed by atoms with E-state index in [0.29, 0.717) is 13.0 Å². The van der Waals surface area contributed by atoms with E-state index in [1.165, 1.54) is 0 Å². The Morgan fingerprint density at radius 3 is 2.76 bits per heavy atom. The number of benzene rings is 1. The molecule has 0 saturated heterocycles. The molecule has 1 atom stereocenters. The number of H-pyrrole nitrogens is 1. The number of hydrogen-bond acceptors (Lipinski definition) is 4. The van der Waals surface area contributed by atoms with E-state index < -0.39 is 6.04 Å². The minimum Gasteiger partial charge on any atom is -0.351 e. The van der Waals surface area contributed by atoms with E-state index in [9.17, 15) is 4.79 Å². The SMILES string of the molecule is CSCC[C@H](N)C(=O)NCc1ccc(-c2ccn[nH]2)cc1. The molecule has 21 heavy (non-hydrogen) atoms. The van der Waals surface area contributed by atoms with E-state index in [4.69, 9.17) is 5.73 Å². The van der Waals surface area contributed by atoms with Gasteiger partial charge in [-0.3, -0.25) is 9.89 Å². The van der Waals surface area contributed by atoms with Crippen LogP contribution in [-0.4, -0.2) is 34.2 Å². The maximum atomic E-state index is 11.8. The summed E-state index contributed by atoms with van der Waals surface area (Å²) in [5.74, 6) is 0.801. The Hall–Kier alpha value is -1.79. The number of carbonyl (C=O) groups is 1. The number of amides is 1. The van der Waals surface area contributed by atoms with Gasteiger partial charge in [0.1, 0.15) is 0 Å². The Bertz CT molecular complexity index is 554. The molecule has 0 fully saturated rings. The van der Waals surface area contributed by atoms with Gasteiger partial charge in [-0.15, -0.1) is 0 Å². The smallest absolute Gasteiger partial charge is 0.237 e. The molecule has 6 heteroatoms. The largest absolute Gasteiger partial charge is 0.351 e. The highest BCUT2D eigenvalue weighted by molar-refractivity contribution is 7.98. The van der Waals surface area contributed by atoms with Crippen molar-refractivity contribution in [1.82, 2.24) is 15.5 Å². The molecule has 112 valence electrons. The van der Waals surface area contributed by atoms with Crippen molar-refractivity contribution >= 4 is 17.7 Å². The number of rotatable bonds is 7. The Morgan fingerprint density at radius 2 is 2.14 bits per heavy atom. The molecule has 2 aromatic rings. The van der Waals surface area contributed by atoms with Gasteiger partial charge in [-0.05, 0) is 35.6 Å². The van der Waals surface area contributed by atoms with Crippen LogP contribution in [0.2, 0.25) is 0 Å². The quantitative estimate of drug-likeness (QED) is 0.728.